The topological polar surface area (TPSA) is 0 Å². The average Bonchev–Trinajstić information content (AvgIpc) is 2.09. The third-order valence-corrected chi connectivity index (χ3v) is 4.02. The summed E-state index contributed by atoms with van der Waals surface area (Å²) in [4.78, 5) is 0. The van der Waals surface area contributed by atoms with Crippen LogP contribution in [0.5, 0.6) is 0 Å². The van der Waals surface area contributed by atoms with Crippen molar-refractivity contribution in [3.05, 3.63) is 42.3 Å². The monoisotopic (exact) mass is 177 g/mol. The fraction of sp³-hybridized carbons (Fsp3) is 0.364. The molecule has 12 heavy (non-hydrogen) atoms. The van der Waals surface area contributed by atoms with Crippen molar-refractivity contribution in [2.24, 2.45) is 0 Å². The van der Waals surface area contributed by atoms with Crippen molar-refractivity contribution in [3.8, 4) is 0 Å². The Morgan fingerprint density at radius 2 is 1.92 bits per heavy atom. The smallest absolute Gasteiger partial charge is 0.0247 e. The van der Waals surface area contributed by atoms with Crippen molar-refractivity contribution in [2.75, 3.05) is 0 Å². The highest BCUT2D eigenvalue weighted by Crippen LogP contribution is 2.03. The van der Waals surface area contributed by atoms with Crippen molar-refractivity contribution >= 4 is 9.52 Å². The Hall–Kier alpha value is -0.563. The van der Waals surface area contributed by atoms with Gasteiger partial charge in [-0.1, -0.05) is 54.8 Å². The minimum absolute atomic E-state index is 0.138. The minimum atomic E-state index is 0.138. The molecule has 0 nitrogen and oxygen atoms in total. The summed E-state index contributed by atoms with van der Waals surface area (Å²) in [7, 11) is 0.138. The summed E-state index contributed by atoms with van der Waals surface area (Å²) in [5.41, 5.74) is 2.87. The van der Waals surface area contributed by atoms with Crippen LogP contribution in [-0.2, 0) is 6.04 Å². The lowest BCUT2D eigenvalue weighted by molar-refractivity contribution is 1.18. The number of rotatable bonds is 4. The predicted molar refractivity (Wildman–Crippen MR) is 58.2 cm³/mol. The van der Waals surface area contributed by atoms with Gasteiger partial charge in [-0.25, -0.2) is 0 Å². The molecule has 1 rings (SSSR count). The summed E-state index contributed by atoms with van der Waals surface area (Å²) in [5.74, 6) is 0. The van der Waals surface area contributed by atoms with Crippen LogP contribution in [-0.4, -0.2) is 9.52 Å². The van der Waals surface area contributed by atoms with E-state index in [0.717, 1.165) is 6.42 Å². The Bertz CT molecular complexity index is 213. The van der Waals surface area contributed by atoms with Crippen LogP contribution in [0.4, 0.5) is 0 Å². The molecule has 0 spiro atoms. The van der Waals surface area contributed by atoms with Crippen molar-refractivity contribution in [1.29, 1.82) is 0 Å². The normalized spacial score (nSPS) is 11.2. The standard InChI is InChI=1S/C11H17Si/c1-3-8-12-9-11-6-4-10(2)5-7-11/h4-7H,1,3,8-9,12H2,2H3. The van der Waals surface area contributed by atoms with Gasteiger partial charge < -0.3 is 0 Å². The molecule has 1 radical (unpaired) electrons. The Morgan fingerprint density at radius 3 is 2.50 bits per heavy atom. The molecule has 0 bridgehead atoms. The third-order valence-electron chi connectivity index (χ3n) is 2.09. The lowest BCUT2D eigenvalue weighted by Crippen LogP contribution is -1.95. The zero-order valence-electron chi connectivity index (χ0n) is 7.84. The largest absolute Gasteiger partial charge is 0.0625 e. The second-order valence-corrected chi connectivity index (χ2v) is 5.21. The van der Waals surface area contributed by atoms with Crippen LogP contribution in [0.25, 0.3) is 0 Å². The van der Waals surface area contributed by atoms with Gasteiger partial charge in [0.25, 0.3) is 0 Å². The molecule has 0 aromatic heterocycles. The van der Waals surface area contributed by atoms with Gasteiger partial charge in [0.1, 0.15) is 0 Å². The molecule has 0 saturated carbocycles. The molecule has 1 aromatic rings. The zero-order valence-corrected chi connectivity index (χ0v) is 9.26. The first-order chi connectivity index (χ1) is 5.83. The van der Waals surface area contributed by atoms with Gasteiger partial charge in [0.05, 0.1) is 0 Å². The molecule has 1 heteroatoms. The maximum atomic E-state index is 3.87. The summed E-state index contributed by atoms with van der Waals surface area (Å²) < 4.78 is 0. The Balaban J connectivity index is 2.37. The predicted octanol–water partition coefficient (Wildman–Crippen LogP) is 2.31. The third kappa shape index (κ3) is 3.22. The van der Waals surface area contributed by atoms with Crippen LogP contribution < -0.4 is 0 Å². The number of aryl methyl sites for hydroxylation is 1. The molecule has 65 valence electrons. The molecule has 0 aliphatic heterocycles. The van der Waals surface area contributed by atoms with E-state index >= 15 is 0 Å². The van der Waals surface area contributed by atoms with Gasteiger partial charge in [-0.2, -0.15) is 0 Å². The first-order valence-electron chi connectivity index (χ1n) is 4.67. The molecule has 1 aromatic carbocycles. The molecule has 0 heterocycles. The van der Waals surface area contributed by atoms with Crippen LogP contribution in [0.15, 0.2) is 24.3 Å². The molecule has 0 aliphatic rings. The Kier molecular flexibility index (Phi) is 4.09. The van der Waals surface area contributed by atoms with E-state index in [1.54, 1.807) is 0 Å². The van der Waals surface area contributed by atoms with E-state index in [1.165, 1.54) is 23.2 Å². The fourth-order valence-electron chi connectivity index (χ4n) is 1.26. The van der Waals surface area contributed by atoms with Gasteiger partial charge >= 0.3 is 0 Å². The molecule has 0 fully saturated rings. The van der Waals surface area contributed by atoms with Gasteiger partial charge in [-0.15, -0.1) is 0 Å². The maximum Gasteiger partial charge on any atom is 0.0247 e. The number of hydrogen-bond acceptors (Lipinski definition) is 0. The van der Waals surface area contributed by atoms with E-state index in [0.29, 0.717) is 0 Å². The van der Waals surface area contributed by atoms with E-state index in [2.05, 4.69) is 38.1 Å². The van der Waals surface area contributed by atoms with Gasteiger partial charge in [0.2, 0.25) is 0 Å². The zero-order chi connectivity index (χ0) is 8.81. The molecule has 0 saturated heterocycles. The van der Waals surface area contributed by atoms with Crippen LogP contribution >= 0.6 is 0 Å². The quantitative estimate of drug-likeness (QED) is 0.489. The molecular formula is C11H17Si. The molecular weight excluding hydrogens is 160 g/mol. The molecule has 0 unspecified atom stereocenters. The summed E-state index contributed by atoms with van der Waals surface area (Å²) in [6.07, 6.45) is 1.12. The summed E-state index contributed by atoms with van der Waals surface area (Å²) in [6, 6.07) is 11.6. The van der Waals surface area contributed by atoms with Crippen molar-refractivity contribution in [2.45, 2.75) is 25.4 Å². The Labute approximate surface area is 77.8 Å². The first kappa shape index (κ1) is 9.52. The summed E-state index contributed by atoms with van der Waals surface area (Å²) in [6.45, 7) is 6.00. The lowest BCUT2D eigenvalue weighted by atomic mass is 10.2. The molecule has 0 amide bonds. The fourth-order valence-corrected chi connectivity index (χ4v) is 2.61. The minimum Gasteiger partial charge on any atom is -0.0625 e. The molecule has 0 atom stereocenters. The van der Waals surface area contributed by atoms with Crippen LogP contribution in [0, 0.1) is 13.8 Å². The highest BCUT2D eigenvalue weighted by Gasteiger charge is 1.92. The maximum absolute atomic E-state index is 3.87. The number of benzene rings is 1. The van der Waals surface area contributed by atoms with E-state index in [4.69, 9.17) is 0 Å². The Morgan fingerprint density at radius 1 is 1.25 bits per heavy atom. The SMILES string of the molecule is [CH2]CC[SiH2]Cc1ccc(C)cc1. The molecule has 0 aliphatic carbocycles. The lowest BCUT2D eigenvalue weighted by Gasteiger charge is -1.99. The van der Waals surface area contributed by atoms with Crippen molar-refractivity contribution < 1.29 is 0 Å². The second-order valence-electron chi connectivity index (χ2n) is 3.30. The van der Waals surface area contributed by atoms with E-state index < -0.39 is 0 Å². The van der Waals surface area contributed by atoms with E-state index in [-0.39, 0.29) is 9.52 Å². The highest BCUT2D eigenvalue weighted by molar-refractivity contribution is 6.34. The van der Waals surface area contributed by atoms with E-state index in [1.807, 2.05) is 0 Å². The summed E-state index contributed by atoms with van der Waals surface area (Å²) in [5, 5.41) is 0. The van der Waals surface area contributed by atoms with Crippen molar-refractivity contribution in [1.82, 2.24) is 0 Å². The van der Waals surface area contributed by atoms with E-state index in [9.17, 15) is 0 Å². The second kappa shape index (κ2) is 5.15. The van der Waals surface area contributed by atoms with Crippen LogP contribution in [0.2, 0.25) is 6.04 Å². The molecule has 0 N–H and O–H groups in total. The van der Waals surface area contributed by atoms with Crippen LogP contribution in [0.3, 0.4) is 0 Å². The average molecular weight is 177 g/mol. The summed E-state index contributed by atoms with van der Waals surface area (Å²) >= 11 is 0. The van der Waals surface area contributed by atoms with Gasteiger partial charge in [-0.05, 0) is 13.0 Å². The van der Waals surface area contributed by atoms with Crippen molar-refractivity contribution in [3.63, 3.8) is 0 Å². The van der Waals surface area contributed by atoms with Gasteiger partial charge in [0.15, 0.2) is 0 Å². The van der Waals surface area contributed by atoms with Gasteiger partial charge in [-0.3, -0.25) is 0 Å². The first-order valence-corrected chi connectivity index (χ1v) is 6.67. The van der Waals surface area contributed by atoms with Crippen LogP contribution in [0.1, 0.15) is 17.5 Å². The highest BCUT2D eigenvalue weighted by atomic mass is 28.2. The van der Waals surface area contributed by atoms with Gasteiger partial charge in [0, 0.05) is 9.52 Å². The number of hydrogen-bond donors (Lipinski definition) is 0.